The molecule has 0 aliphatic heterocycles. The molecule has 2 heteroatoms. The molecule has 2 bridgehead atoms. The summed E-state index contributed by atoms with van der Waals surface area (Å²) in [6.07, 6.45) is 7.59. The van der Waals surface area contributed by atoms with Crippen molar-refractivity contribution in [1.29, 1.82) is 0 Å². The lowest BCUT2D eigenvalue weighted by Gasteiger charge is -2.54. The van der Waals surface area contributed by atoms with Crippen molar-refractivity contribution in [3.8, 4) is 0 Å². The number of halogens is 1. The Morgan fingerprint density at radius 2 is 1.78 bits per heavy atom. The summed E-state index contributed by atoms with van der Waals surface area (Å²) in [6.45, 7) is 1.15. The van der Waals surface area contributed by atoms with Crippen LogP contribution in [-0.4, -0.2) is 13.6 Å². The van der Waals surface area contributed by atoms with E-state index in [1.54, 1.807) is 12.1 Å². The van der Waals surface area contributed by atoms with Gasteiger partial charge in [-0.05, 0) is 74.1 Å². The minimum atomic E-state index is -0.0838. The first-order valence-electron chi connectivity index (χ1n) is 7.09. The first-order valence-corrected chi connectivity index (χ1v) is 7.09. The molecule has 0 atom stereocenters. The highest BCUT2D eigenvalue weighted by Gasteiger charge is 2.48. The summed E-state index contributed by atoms with van der Waals surface area (Å²) in [7, 11) is 2.05. The predicted octanol–water partition coefficient (Wildman–Crippen LogP) is 3.64. The van der Waals surface area contributed by atoms with Crippen molar-refractivity contribution >= 4 is 0 Å². The molecule has 4 rings (SSSR count). The van der Waals surface area contributed by atoms with E-state index in [1.807, 2.05) is 6.07 Å². The normalized spacial score (nSPS) is 34.8. The van der Waals surface area contributed by atoms with Crippen molar-refractivity contribution in [3.63, 3.8) is 0 Å². The molecule has 3 aliphatic rings. The van der Waals surface area contributed by atoms with E-state index in [1.165, 1.54) is 44.1 Å². The zero-order valence-electron chi connectivity index (χ0n) is 11.1. The van der Waals surface area contributed by atoms with Gasteiger partial charge in [0.25, 0.3) is 0 Å². The molecule has 3 saturated carbocycles. The van der Waals surface area contributed by atoms with Gasteiger partial charge in [0.2, 0.25) is 0 Å². The molecule has 1 N–H and O–H groups in total. The van der Waals surface area contributed by atoms with Crippen molar-refractivity contribution in [3.05, 3.63) is 35.6 Å². The van der Waals surface area contributed by atoms with Gasteiger partial charge in [-0.1, -0.05) is 12.1 Å². The smallest absolute Gasteiger partial charge is 0.123 e. The fourth-order valence-electron chi connectivity index (χ4n) is 4.15. The molecule has 98 valence electrons. The Kier molecular flexibility index (Phi) is 2.93. The molecule has 18 heavy (non-hydrogen) atoms. The third-order valence-corrected chi connectivity index (χ3v) is 5.39. The van der Waals surface area contributed by atoms with Gasteiger partial charge >= 0.3 is 0 Å². The fourth-order valence-corrected chi connectivity index (χ4v) is 4.15. The third kappa shape index (κ3) is 1.87. The molecular formula is C16H22FN. The molecule has 0 unspecified atom stereocenters. The fraction of sp³-hybridized carbons (Fsp3) is 0.625. The zero-order valence-corrected chi connectivity index (χ0v) is 11.1. The molecule has 0 heterocycles. The lowest BCUT2D eigenvalue weighted by molar-refractivity contribution is 0.0413. The molecule has 1 aromatic rings. The van der Waals surface area contributed by atoms with E-state index < -0.39 is 0 Å². The SMILES string of the molecule is CNCC12CCC(c3cccc(F)c3)(CC1)CC2. The van der Waals surface area contributed by atoms with Gasteiger partial charge in [-0.15, -0.1) is 0 Å². The second-order valence-electron chi connectivity index (χ2n) is 6.32. The van der Waals surface area contributed by atoms with Crippen molar-refractivity contribution in [2.45, 2.75) is 43.9 Å². The number of nitrogens with one attached hydrogen (secondary N) is 1. The highest BCUT2D eigenvalue weighted by molar-refractivity contribution is 5.29. The molecule has 0 saturated heterocycles. The zero-order chi connectivity index (χ0) is 12.6. The van der Waals surface area contributed by atoms with Crippen LogP contribution in [0.1, 0.15) is 44.1 Å². The second kappa shape index (κ2) is 4.34. The Bertz CT molecular complexity index is 416. The summed E-state index contributed by atoms with van der Waals surface area (Å²) in [5.41, 5.74) is 2.04. The van der Waals surface area contributed by atoms with Crippen molar-refractivity contribution < 1.29 is 4.39 Å². The van der Waals surface area contributed by atoms with E-state index in [0.717, 1.165) is 6.54 Å². The van der Waals surface area contributed by atoms with E-state index >= 15 is 0 Å². The van der Waals surface area contributed by atoms with E-state index in [4.69, 9.17) is 0 Å². The maximum absolute atomic E-state index is 13.4. The first-order chi connectivity index (χ1) is 8.68. The summed E-state index contributed by atoms with van der Waals surface area (Å²) in [5, 5.41) is 3.36. The van der Waals surface area contributed by atoms with Gasteiger partial charge in [-0.2, -0.15) is 0 Å². The van der Waals surface area contributed by atoms with Crippen LogP contribution in [-0.2, 0) is 5.41 Å². The molecule has 0 radical (unpaired) electrons. The molecule has 3 aliphatic carbocycles. The molecule has 0 spiro atoms. The lowest BCUT2D eigenvalue weighted by Crippen LogP contribution is -2.48. The maximum atomic E-state index is 13.4. The number of fused-ring (bicyclic) bond motifs is 3. The number of hydrogen-bond donors (Lipinski definition) is 1. The van der Waals surface area contributed by atoms with Crippen LogP contribution in [0.15, 0.2) is 24.3 Å². The summed E-state index contributed by atoms with van der Waals surface area (Å²) in [6, 6.07) is 7.30. The van der Waals surface area contributed by atoms with Crippen LogP contribution in [0.3, 0.4) is 0 Å². The molecule has 3 fully saturated rings. The van der Waals surface area contributed by atoms with Gasteiger partial charge in [0.05, 0.1) is 0 Å². The van der Waals surface area contributed by atoms with Crippen LogP contribution in [0.25, 0.3) is 0 Å². The quantitative estimate of drug-likeness (QED) is 0.860. The third-order valence-electron chi connectivity index (χ3n) is 5.39. The van der Waals surface area contributed by atoms with Crippen LogP contribution in [0.5, 0.6) is 0 Å². The minimum absolute atomic E-state index is 0.0838. The summed E-state index contributed by atoms with van der Waals surface area (Å²) < 4.78 is 13.4. The molecule has 1 nitrogen and oxygen atoms in total. The van der Waals surface area contributed by atoms with Crippen LogP contribution in [0, 0.1) is 11.2 Å². The van der Waals surface area contributed by atoms with Crippen LogP contribution < -0.4 is 5.32 Å². The largest absolute Gasteiger partial charge is 0.319 e. The van der Waals surface area contributed by atoms with E-state index in [2.05, 4.69) is 18.4 Å². The number of rotatable bonds is 3. The van der Waals surface area contributed by atoms with E-state index in [0.29, 0.717) is 5.41 Å². The summed E-state index contributed by atoms with van der Waals surface area (Å²) in [5.74, 6) is -0.0838. The maximum Gasteiger partial charge on any atom is 0.123 e. The predicted molar refractivity (Wildman–Crippen MR) is 72.1 cm³/mol. The minimum Gasteiger partial charge on any atom is -0.319 e. The summed E-state index contributed by atoms with van der Waals surface area (Å²) >= 11 is 0. The molecule has 1 aromatic carbocycles. The van der Waals surface area contributed by atoms with Gasteiger partial charge in [-0.3, -0.25) is 0 Å². The number of benzene rings is 1. The van der Waals surface area contributed by atoms with Crippen molar-refractivity contribution in [2.75, 3.05) is 13.6 Å². The highest BCUT2D eigenvalue weighted by atomic mass is 19.1. The molecular weight excluding hydrogens is 225 g/mol. The van der Waals surface area contributed by atoms with Gasteiger partial charge in [0.15, 0.2) is 0 Å². The topological polar surface area (TPSA) is 12.0 Å². The monoisotopic (exact) mass is 247 g/mol. The van der Waals surface area contributed by atoms with Gasteiger partial charge in [0, 0.05) is 6.54 Å². The Hall–Kier alpha value is -0.890. The van der Waals surface area contributed by atoms with Crippen LogP contribution in [0.4, 0.5) is 4.39 Å². The van der Waals surface area contributed by atoms with E-state index in [-0.39, 0.29) is 11.2 Å². The lowest BCUT2D eigenvalue weighted by atomic mass is 9.52. The van der Waals surface area contributed by atoms with E-state index in [9.17, 15) is 4.39 Å². The average Bonchev–Trinajstić information content (AvgIpc) is 2.41. The van der Waals surface area contributed by atoms with Gasteiger partial charge in [-0.25, -0.2) is 4.39 Å². The van der Waals surface area contributed by atoms with Gasteiger partial charge in [0.1, 0.15) is 5.82 Å². The number of hydrogen-bond acceptors (Lipinski definition) is 1. The van der Waals surface area contributed by atoms with Gasteiger partial charge < -0.3 is 5.32 Å². The Balaban J connectivity index is 1.84. The molecule has 0 amide bonds. The van der Waals surface area contributed by atoms with Crippen molar-refractivity contribution in [2.24, 2.45) is 5.41 Å². The first kappa shape index (κ1) is 12.2. The molecule has 0 aromatic heterocycles. The van der Waals surface area contributed by atoms with Crippen LogP contribution >= 0.6 is 0 Å². The summed E-state index contributed by atoms with van der Waals surface area (Å²) in [4.78, 5) is 0. The highest BCUT2D eigenvalue weighted by Crippen LogP contribution is 2.57. The van der Waals surface area contributed by atoms with Crippen LogP contribution in [0.2, 0.25) is 0 Å². The van der Waals surface area contributed by atoms with Crippen molar-refractivity contribution in [1.82, 2.24) is 5.32 Å². The standard InChI is InChI=1S/C16H22FN/c1-18-12-15-5-8-16(9-6-15,10-7-15)13-3-2-4-14(17)11-13/h2-4,11,18H,5-10,12H2,1H3. The Morgan fingerprint density at radius 1 is 1.11 bits per heavy atom. The second-order valence-corrected chi connectivity index (χ2v) is 6.32. The Morgan fingerprint density at radius 3 is 2.33 bits per heavy atom. The Labute approximate surface area is 109 Å². The average molecular weight is 247 g/mol.